The van der Waals surface area contributed by atoms with Crippen molar-refractivity contribution in [3.63, 3.8) is 0 Å². The number of aryl methyl sites for hydroxylation is 1. The second-order valence-corrected chi connectivity index (χ2v) is 10.8. The molecule has 0 radical (unpaired) electrons. The molecule has 0 aromatic heterocycles. The number of carbonyl (C=O) groups excluding carboxylic acids is 1. The molecule has 0 aliphatic rings. The Morgan fingerprint density at radius 2 is 1.54 bits per heavy atom. The van der Waals surface area contributed by atoms with Crippen molar-refractivity contribution in [3.8, 4) is 16.9 Å². The molecule has 4 aromatic carbocycles. The molecule has 0 spiro atoms. The zero-order valence-electron chi connectivity index (χ0n) is 25.7. The lowest BCUT2D eigenvalue weighted by Crippen LogP contribution is -2.25. The fraction of sp³-hybridized carbons (Fsp3) is 0.257. The maximum Gasteiger partial charge on any atom is 0.573 e. The number of halogens is 4. The molecule has 11 heteroatoms. The molecule has 244 valence electrons. The van der Waals surface area contributed by atoms with Gasteiger partial charge in [-0.2, -0.15) is 0 Å². The van der Waals surface area contributed by atoms with Crippen molar-refractivity contribution in [1.82, 2.24) is 5.32 Å². The van der Waals surface area contributed by atoms with Crippen LogP contribution < -0.4 is 15.5 Å². The van der Waals surface area contributed by atoms with Crippen molar-refractivity contribution in [1.29, 1.82) is 0 Å². The van der Waals surface area contributed by atoms with E-state index in [1.165, 1.54) is 30.7 Å². The van der Waals surface area contributed by atoms with Gasteiger partial charge < -0.3 is 15.2 Å². The fourth-order valence-corrected chi connectivity index (χ4v) is 4.54. The number of amides is 1. The van der Waals surface area contributed by atoms with Crippen LogP contribution in [0.15, 0.2) is 91.0 Å². The number of anilines is 1. The summed E-state index contributed by atoms with van der Waals surface area (Å²) in [5.41, 5.74) is 8.39. The molecule has 3 N–H and O–H groups in total. The van der Waals surface area contributed by atoms with Crippen LogP contribution in [0.3, 0.4) is 0 Å². The number of nitrogens with one attached hydrogen (secondary N) is 2. The van der Waals surface area contributed by atoms with E-state index in [-0.39, 0.29) is 18.7 Å². The third-order valence-corrected chi connectivity index (χ3v) is 6.69. The Morgan fingerprint density at radius 3 is 2.11 bits per heavy atom. The summed E-state index contributed by atoms with van der Waals surface area (Å²) in [5, 5.41) is 11.9. The van der Waals surface area contributed by atoms with Gasteiger partial charge >= 0.3 is 12.3 Å². The highest BCUT2D eigenvalue weighted by atomic mass is 35.5. The monoisotopic (exact) mass is 656 g/mol. The van der Waals surface area contributed by atoms with Gasteiger partial charge in [-0.15, -0.1) is 13.2 Å². The number of aliphatic carboxylic acids is 1. The maximum atomic E-state index is 12.6. The number of carbonyl (C=O) groups is 2. The van der Waals surface area contributed by atoms with E-state index in [9.17, 15) is 22.8 Å². The lowest BCUT2D eigenvalue weighted by molar-refractivity contribution is -0.274. The predicted octanol–water partition coefficient (Wildman–Crippen LogP) is 9.16. The van der Waals surface area contributed by atoms with Crippen molar-refractivity contribution < 1.29 is 37.4 Å². The molecule has 1 amide bonds. The first kappa shape index (κ1) is 35.9. The smallest absolute Gasteiger partial charge is 0.481 e. The third-order valence-electron chi connectivity index (χ3n) is 6.45. The number of carboxylic acids is 1. The van der Waals surface area contributed by atoms with E-state index >= 15 is 0 Å². The fourth-order valence-electron chi connectivity index (χ4n) is 4.31. The third kappa shape index (κ3) is 11.8. The molecule has 7 nitrogen and oxygen atoms in total. The zero-order valence-corrected chi connectivity index (χ0v) is 26.4. The van der Waals surface area contributed by atoms with Gasteiger partial charge in [0.2, 0.25) is 0 Å². The van der Waals surface area contributed by atoms with Crippen molar-refractivity contribution in [2.24, 2.45) is 0 Å². The van der Waals surface area contributed by atoms with Crippen molar-refractivity contribution in [2.75, 3.05) is 12.0 Å². The normalized spacial score (nSPS) is 11.5. The Balaban J connectivity index is 0.00000185. The Hall–Kier alpha value is -4.54. The van der Waals surface area contributed by atoms with Gasteiger partial charge in [0.05, 0.1) is 12.1 Å². The summed E-state index contributed by atoms with van der Waals surface area (Å²) in [5.74, 6) is -1.77. The van der Waals surface area contributed by atoms with Crippen LogP contribution in [-0.4, -0.2) is 29.9 Å². The van der Waals surface area contributed by atoms with Gasteiger partial charge in [0.1, 0.15) is 11.9 Å². The van der Waals surface area contributed by atoms with E-state index in [4.69, 9.17) is 21.5 Å². The van der Waals surface area contributed by atoms with Crippen molar-refractivity contribution >= 4 is 29.2 Å². The van der Waals surface area contributed by atoms with Crippen molar-refractivity contribution in [2.45, 2.75) is 52.5 Å². The molecule has 0 fully saturated rings. The topological polar surface area (TPSA) is 96.9 Å². The molecule has 0 aliphatic heterocycles. The minimum Gasteiger partial charge on any atom is -0.481 e. The summed E-state index contributed by atoms with van der Waals surface area (Å²) < 4.78 is 41.9. The number of alkyl halides is 3. The number of hydrogen-bond acceptors (Lipinski definition) is 5. The Kier molecular flexibility index (Phi) is 13.5. The minimum absolute atomic E-state index is 0.00579. The summed E-state index contributed by atoms with van der Waals surface area (Å²) in [4.78, 5) is 29.0. The first-order valence-electron chi connectivity index (χ1n) is 14.6. The average molecular weight is 657 g/mol. The summed E-state index contributed by atoms with van der Waals surface area (Å²) in [6.07, 6.45) is -4.06. The first-order chi connectivity index (χ1) is 21.9. The van der Waals surface area contributed by atoms with Crippen LogP contribution in [0.1, 0.15) is 59.8 Å². The van der Waals surface area contributed by atoms with Crippen LogP contribution in [0, 0.1) is 6.92 Å². The molecular formula is C35H36ClF3N2O5. The average Bonchev–Trinajstić information content (AvgIpc) is 3.00. The molecule has 0 heterocycles. The molecular weight excluding hydrogens is 621 g/mol. The second kappa shape index (κ2) is 17.2. The molecule has 1 unspecified atom stereocenters. The highest BCUT2D eigenvalue weighted by Gasteiger charge is 2.31. The summed E-state index contributed by atoms with van der Waals surface area (Å²) in [6, 6.07) is 25.3. The summed E-state index contributed by atoms with van der Waals surface area (Å²) in [7, 11) is 0. The number of rotatable bonds is 12. The SMILES string of the molecule is CCC.Cc1cc(Cl)ccc1-c1ccc(NOC(Cc2ccc(C(=O)NCCC(=O)O)cc2)c2ccc(OC(F)(F)F)cc2)cc1. The van der Waals surface area contributed by atoms with Gasteiger partial charge in [-0.05, 0) is 83.3 Å². The van der Waals surface area contributed by atoms with Gasteiger partial charge in [-0.1, -0.05) is 74.3 Å². The summed E-state index contributed by atoms with van der Waals surface area (Å²) >= 11 is 6.08. The zero-order chi connectivity index (χ0) is 33.7. The minimum atomic E-state index is -4.81. The number of hydrogen-bond donors (Lipinski definition) is 3. The Labute approximate surface area is 271 Å². The molecule has 0 bridgehead atoms. The van der Waals surface area contributed by atoms with Crippen LogP contribution in [0.5, 0.6) is 5.75 Å². The van der Waals surface area contributed by atoms with Gasteiger partial charge in [0.25, 0.3) is 5.91 Å². The van der Waals surface area contributed by atoms with E-state index in [1.54, 1.807) is 24.3 Å². The van der Waals surface area contributed by atoms with Crippen LogP contribution in [0.4, 0.5) is 18.9 Å². The second-order valence-electron chi connectivity index (χ2n) is 10.4. The molecule has 4 rings (SSSR count). The molecule has 1 atom stereocenters. The van der Waals surface area contributed by atoms with E-state index in [0.29, 0.717) is 28.3 Å². The lowest BCUT2D eigenvalue weighted by Gasteiger charge is -2.20. The predicted molar refractivity (Wildman–Crippen MR) is 173 cm³/mol. The van der Waals surface area contributed by atoms with Gasteiger partial charge in [-0.3, -0.25) is 19.9 Å². The van der Waals surface area contributed by atoms with Gasteiger partial charge in [0.15, 0.2) is 0 Å². The lowest BCUT2D eigenvalue weighted by atomic mass is 10.00. The van der Waals surface area contributed by atoms with E-state index < -0.39 is 24.3 Å². The van der Waals surface area contributed by atoms with Crippen LogP contribution in [-0.2, 0) is 16.1 Å². The molecule has 0 saturated heterocycles. The van der Waals surface area contributed by atoms with Crippen LogP contribution >= 0.6 is 11.6 Å². The number of carboxylic acid groups (broad SMARTS) is 1. The van der Waals surface area contributed by atoms with E-state index in [2.05, 4.69) is 29.4 Å². The standard InChI is InChI=1S/C32H28ClF3N2O5.C3H8/c1-20-18-25(33)10-15-28(20)22-6-11-26(12-7-22)38-43-29(23-8-13-27(14-9-23)42-32(34,35)36)19-21-2-4-24(5-3-21)31(41)37-17-16-30(39)40;1-3-2/h2-15,18,29,38H,16-17,19H2,1H3,(H,37,41)(H,39,40);3H2,1-2H3. The summed E-state index contributed by atoms with van der Waals surface area (Å²) in [6.45, 7) is 6.23. The molecule has 0 aliphatic carbocycles. The number of ether oxygens (including phenoxy) is 1. The van der Waals surface area contributed by atoms with E-state index in [1.807, 2.05) is 49.4 Å². The highest BCUT2D eigenvalue weighted by Crippen LogP contribution is 2.30. The van der Waals surface area contributed by atoms with Gasteiger partial charge in [-0.25, -0.2) is 0 Å². The van der Waals surface area contributed by atoms with Crippen LogP contribution in [0.25, 0.3) is 11.1 Å². The Morgan fingerprint density at radius 1 is 0.913 bits per heavy atom. The molecule has 4 aromatic rings. The first-order valence-corrected chi connectivity index (χ1v) is 15.0. The molecule has 46 heavy (non-hydrogen) atoms. The number of benzene rings is 4. The largest absolute Gasteiger partial charge is 0.573 e. The van der Waals surface area contributed by atoms with Crippen molar-refractivity contribution in [3.05, 3.63) is 118 Å². The van der Waals surface area contributed by atoms with Crippen LogP contribution in [0.2, 0.25) is 5.02 Å². The Bertz CT molecular complexity index is 1560. The quantitative estimate of drug-likeness (QED) is 0.132. The van der Waals surface area contributed by atoms with E-state index in [0.717, 1.165) is 22.3 Å². The van der Waals surface area contributed by atoms with Gasteiger partial charge in [0, 0.05) is 23.6 Å². The molecule has 0 saturated carbocycles. The maximum absolute atomic E-state index is 12.6. The highest BCUT2D eigenvalue weighted by molar-refractivity contribution is 6.30.